The fourth-order valence-electron chi connectivity index (χ4n) is 3.25. The van der Waals surface area contributed by atoms with Crippen LogP contribution in [-0.4, -0.2) is 25.2 Å². The third-order valence-electron chi connectivity index (χ3n) is 4.39. The molecule has 4 nitrogen and oxygen atoms in total. The van der Waals surface area contributed by atoms with Crippen LogP contribution in [0, 0.1) is 5.41 Å². The summed E-state index contributed by atoms with van der Waals surface area (Å²) in [6.45, 7) is 2.76. The van der Waals surface area contributed by atoms with Crippen molar-refractivity contribution in [2.45, 2.75) is 31.8 Å². The summed E-state index contributed by atoms with van der Waals surface area (Å²) in [7, 11) is 0. The molecular weight excluding hydrogens is 274 g/mol. The number of carbonyl (C=O) groups is 1. The van der Waals surface area contributed by atoms with Gasteiger partial charge in [-0.25, -0.2) is 4.79 Å². The third-order valence-corrected chi connectivity index (χ3v) is 4.64. The lowest BCUT2D eigenvalue weighted by Gasteiger charge is -2.45. The Morgan fingerprint density at radius 1 is 1.35 bits per heavy atom. The Morgan fingerprint density at radius 3 is 2.75 bits per heavy atom. The molecule has 3 rings (SSSR count). The lowest BCUT2D eigenvalue weighted by molar-refractivity contribution is 0.109. The molecule has 1 aliphatic heterocycles. The highest BCUT2D eigenvalue weighted by Gasteiger charge is 2.46. The summed E-state index contributed by atoms with van der Waals surface area (Å²) < 4.78 is 0. The van der Waals surface area contributed by atoms with Crippen LogP contribution < -0.4 is 16.0 Å². The first-order valence-electron chi connectivity index (χ1n) is 7.15. The van der Waals surface area contributed by atoms with E-state index in [4.69, 9.17) is 11.6 Å². The van der Waals surface area contributed by atoms with Crippen molar-refractivity contribution in [3.63, 3.8) is 0 Å². The number of benzene rings is 1. The van der Waals surface area contributed by atoms with Crippen molar-refractivity contribution in [2.24, 2.45) is 5.41 Å². The van der Waals surface area contributed by atoms with E-state index in [1.807, 2.05) is 24.3 Å². The Kier molecular flexibility index (Phi) is 3.85. The quantitative estimate of drug-likeness (QED) is 0.801. The number of halogens is 1. The van der Waals surface area contributed by atoms with E-state index in [1.54, 1.807) is 0 Å². The van der Waals surface area contributed by atoms with E-state index < -0.39 is 0 Å². The zero-order chi connectivity index (χ0) is 14.0. The highest BCUT2D eigenvalue weighted by molar-refractivity contribution is 6.30. The monoisotopic (exact) mass is 293 g/mol. The van der Waals surface area contributed by atoms with Crippen LogP contribution >= 0.6 is 11.6 Å². The van der Waals surface area contributed by atoms with Gasteiger partial charge in [-0.2, -0.15) is 0 Å². The van der Waals surface area contributed by atoms with Crippen molar-refractivity contribution in [1.29, 1.82) is 0 Å². The van der Waals surface area contributed by atoms with Crippen LogP contribution in [0.25, 0.3) is 0 Å². The van der Waals surface area contributed by atoms with Crippen LogP contribution in [0.4, 0.5) is 4.79 Å². The smallest absolute Gasteiger partial charge is 0.315 e. The van der Waals surface area contributed by atoms with Crippen LogP contribution in [0.2, 0.25) is 5.02 Å². The fourth-order valence-corrected chi connectivity index (χ4v) is 3.38. The van der Waals surface area contributed by atoms with Gasteiger partial charge in [0.2, 0.25) is 0 Å². The lowest BCUT2D eigenvalue weighted by atomic mass is 9.65. The summed E-state index contributed by atoms with van der Waals surface area (Å²) in [4.78, 5) is 11.8. The largest absolute Gasteiger partial charge is 0.335 e. The third kappa shape index (κ3) is 3.07. The lowest BCUT2D eigenvalue weighted by Crippen LogP contribution is -2.53. The first-order valence-corrected chi connectivity index (χ1v) is 7.53. The van der Waals surface area contributed by atoms with Gasteiger partial charge in [0.25, 0.3) is 0 Å². The van der Waals surface area contributed by atoms with Crippen molar-refractivity contribution in [1.82, 2.24) is 16.0 Å². The van der Waals surface area contributed by atoms with Gasteiger partial charge in [0.05, 0.1) is 0 Å². The highest BCUT2D eigenvalue weighted by atomic mass is 35.5. The number of rotatable bonds is 3. The van der Waals surface area contributed by atoms with E-state index in [-0.39, 0.29) is 6.03 Å². The maximum atomic E-state index is 11.8. The molecular formula is C15H20ClN3O. The summed E-state index contributed by atoms with van der Waals surface area (Å²) in [5.74, 6) is 0. The second kappa shape index (κ2) is 5.62. The average molecular weight is 294 g/mol. The molecule has 2 amide bonds. The minimum Gasteiger partial charge on any atom is -0.335 e. The van der Waals surface area contributed by atoms with Gasteiger partial charge in [-0.05, 0) is 48.9 Å². The Balaban J connectivity index is 1.39. The summed E-state index contributed by atoms with van der Waals surface area (Å²) in [5.41, 5.74) is 1.52. The van der Waals surface area contributed by atoms with Gasteiger partial charge in [-0.15, -0.1) is 0 Å². The minimum absolute atomic E-state index is 0.0780. The second-order valence-corrected chi connectivity index (χ2v) is 6.42. The topological polar surface area (TPSA) is 53.2 Å². The molecule has 0 radical (unpaired) electrons. The molecule has 3 N–H and O–H groups in total. The molecule has 0 unspecified atom stereocenters. The van der Waals surface area contributed by atoms with E-state index in [0.717, 1.165) is 31.5 Å². The fraction of sp³-hybridized carbons (Fsp3) is 0.533. The van der Waals surface area contributed by atoms with Crippen LogP contribution in [0.1, 0.15) is 24.8 Å². The van der Waals surface area contributed by atoms with Crippen molar-refractivity contribution in [3.05, 3.63) is 34.9 Å². The molecule has 1 aromatic carbocycles. The Labute approximate surface area is 124 Å². The van der Waals surface area contributed by atoms with Gasteiger partial charge >= 0.3 is 6.03 Å². The zero-order valence-electron chi connectivity index (χ0n) is 11.4. The van der Waals surface area contributed by atoms with Crippen molar-refractivity contribution in [2.75, 3.05) is 13.1 Å². The molecule has 1 saturated heterocycles. The maximum Gasteiger partial charge on any atom is 0.315 e. The molecule has 20 heavy (non-hydrogen) atoms. The summed E-state index contributed by atoms with van der Waals surface area (Å²) >= 11 is 5.82. The van der Waals surface area contributed by atoms with E-state index in [2.05, 4.69) is 16.0 Å². The molecule has 0 atom stereocenters. The van der Waals surface area contributed by atoms with E-state index in [9.17, 15) is 4.79 Å². The van der Waals surface area contributed by atoms with Crippen LogP contribution in [0.5, 0.6) is 0 Å². The van der Waals surface area contributed by atoms with Crippen LogP contribution in [-0.2, 0) is 6.54 Å². The Morgan fingerprint density at radius 2 is 2.10 bits per heavy atom. The van der Waals surface area contributed by atoms with Gasteiger partial charge in [-0.1, -0.05) is 23.7 Å². The molecule has 1 spiro atoms. The van der Waals surface area contributed by atoms with E-state index in [0.29, 0.717) is 23.0 Å². The summed E-state index contributed by atoms with van der Waals surface area (Å²) in [6.07, 6.45) is 3.46. The van der Waals surface area contributed by atoms with Crippen molar-refractivity contribution >= 4 is 17.6 Å². The number of nitrogens with one attached hydrogen (secondary N) is 3. The van der Waals surface area contributed by atoms with Gasteiger partial charge in [0.1, 0.15) is 0 Å². The first kappa shape index (κ1) is 13.7. The van der Waals surface area contributed by atoms with Crippen molar-refractivity contribution in [3.8, 4) is 0 Å². The van der Waals surface area contributed by atoms with E-state index in [1.165, 1.54) is 6.42 Å². The predicted octanol–water partition coefficient (Wildman–Crippen LogP) is 2.28. The normalized spacial score (nSPS) is 28.1. The molecule has 0 aromatic heterocycles. The molecule has 5 heteroatoms. The number of hydrogen-bond acceptors (Lipinski definition) is 2. The van der Waals surface area contributed by atoms with Crippen LogP contribution in [0.15, 0.2) is 24.3 Å². The number of urea groups is 1. The van der Waals surface area contributed by atoms with Gasteiger partial charge in [0.15, 0.2) is 0 Å². The Hall–Kier alpha value is -1.26. The number of amides is 2. The number of carbonyl (C=O) groups excluding carboxylic acids is 1. The molecule has 1 aliphatic carbocycles. The second-order valence-electron chi connectivity index (χ2n) is 5.99. The van der Waals surface area contributed by atoms with Crippen LogP contribution in [0.3, 0.4) is 0 Å². The van der Waals surface area contributed by atoms with Gasteiger partial charge in [-0.3, -0.25) is 0 Å². The minimum atomic E-state index is -0.0780. The van der Waals surface area contributed by atoms with Gasteiger partial charge < -0.3 is 16.0 Å². The SMILES string of the molecule is O=C(NCc1ccc(Cl)cc1)N[C@H]1C[C@]2(CCNC2)C1. The first-order chi connectivity index (χ1) is 9.65. The highest BCUT2D eigenvalue weighted by Crippen LogP contribution is 2.45. The molecule has 1 heterocycles. The summed E-state index contributed by atoms with van der Waals surface area (Å²) in [5, 5.41) is 10.0. The Bertz CT molecular complexity index is 474. The zero-order valence-corrected chi connectivity index (χ0v) is 12.2. The van der Waals surface area contributed by atoms with Gasteiger partial charge in [0, 0.05) is 24.2 Å². The van der Waals surface area contributed by atoms with E-state index >= 15 is 0 Å². The average Bonchev–Trinajstić information content (AvgIpc) is 2.87. The maximum absolute atomic E-state index is 11.8. The molecule has 0 bridgehead atoms. The molecule has 1 saturated carbocycles. The molecule has 108 valence electrons. The summed E-state index contributed by atoms with van der Waals surface area (Å²) in [6, 6.07) is 7.76. The standard InChI is InChI=1S/C15H20ClN3O/c16-12-3-1-11(2-4-12)9-18-14(20)19-13-7-15(8-13)5-6-17-10-15/h1-4,13,17H,5-10H2,(H2,18,19,20)/t13-,15+. The molecule has 2 aliphatic rings. The number of hydrogen-bond donors (Lipinski definition) is 3. The predicted molar refractivity (Wildman–Crippen MR) is 79.8 cm³/mol. The molecule has 2 fully saturated rings. The molecule has 1 aromatic rings. The van der Waals surface area contributed by atoms with Crippen molar-refractivity contribution < 1.29 is 4.79 Å².